The molecule has 16 heavy (non-hydrogen) atoms. The van der Waals surface area contributed by atoms with Crippen molar-refractivity contribution in [2.45, 2.75) is 12.0 Å². The molecule has 0 aliphatic heterocycles. The molecule has 0 spiro atoms. The summed E-state index contributed by atoms with van der Waals surface area (Å²) < 4.78 is 0. The van der Waals surface area contributed by atoms with E-state index >= 15 is 0 Å². The molecule has 0 radical (unpaired) electrons. The van der Waals surface area contributed by atoms with Gasteiger partial charge in [-0.25, -0.2) is 0 Å². The minimum Gasteiger partial charge on any atom is -0.376 e. The molecule has 3 N–H and O–H groups in total. The molecule has 0 amide bonds. The SMILES string of the molecule is NC(=S)NC1(c2ccccc2)C=CC=CC1. The highest BCUT2D eigenvalue weighted by Crippen LogP contribution is 2.29. The van der Waals surface area contributed by atoms with Gasteiger partial charge in [-0.05, 0) is 24.2 Å². The molecule has 0 bridgehead atoms. The van der Waals surface area contributed by atoms with Crippen LogP contribution in [0.15, 0.2) is 54.6 Å². The van der Waals surface area contributed by atoms with Gasteiger partial charge in [-0.3, -0.25) is 0 Å². The first-order valence-corrected chi connectivity index (χ1v) is 5.61. The quantitative estimate of drug-likeness (QED) is 0.765. The Kier molecular flexibility index (Phi) is 3.06. The number of thiocarbonyl (C=S) groups is 1. The average Bonchev–Trinajstić information content (AvgIpc) is 2.30. The van der Waals surface area contributed by atoms with Crippen molar-refractivity contribution >= 4 is 17.3 Å². The second-order valence-corrected chi connectivity index (χ2v) is 4.26. The highest BCUT2D eigenvalue weighted by atomic mass is 32.1. The average molecular weight is 230 g/mol. The molecule has 1 atom stereocenters. The molecule has 2 rings (SSSR count). The predicted octanol–water partition coefficient (Wildman–Crippen LogP) is 2.23. The molecular weight excluding hydrogens is 216 g/mol. The van der Waals surface area contributed by atoms with Crippen molar-refractivity contribution in [3.8, 4) is 0 Å². The fourth-order valence-electron chi connectivity index (χ4n) is 1.95. The van der Waals surface area contributed by atoms with Crippen LogP contribution in [0.5, 0.6) is 0 Å². The standard InChI is InChI=1S/C13H14N2S/c14-12(16)15-13(9-5-2-6-10-13)11-7-3-1-4-8-11/h1-9H,10H2,(H3,14,15,16). The van der Waals surface area contributed by atoms with Crippen LogP contribution in [0, 0.1) is 0 Å². The number of rotatable bonds is 2. The fourth-order valence-corrected chi connectivity index (χ4v) is 2.14. The van der Waals surface area contributed by atoms with E-state index in [-0.39, 0.29) is 5.54 Å². The van der Waals surface area contributed by atoms with Gasteiger partial charge in [-0.15, -0.1) is 0 Å². The van der Waals surface area contributed by atoms with Crippen molar-refractivity contribution in [2.75, 3.05) is 0 Å². The van der Waals surface area contributed by atoms with Gasteiger partial charge in [0.1, 0.15) is 0 Å². The Bertz CT molecular complexity index is 437. The molecule has 0 fully saturated rings. The molecule has 1 aromatic rings. The van der Waals surface area contributed by atoms with Crippen molar-refractivity contribution in [3.63, 3.8) is 0 Å². The summed E-state index contributed by atoms with van der Waals surface area (Å²) in [5.41, 5.74) is 6.49. The maximum atomic E-state index is 5.61. The molecule has 0 aromatic heterocycles. The lowest BCUT2D eigenvalue weighted by Crippen LogP contribution is -2.47. The van der Waals surface area contributed by atoms with Gasteiger partial charge in [-0.1, -0.05) is 54.6 Å². The number of nitrogens with two attached hydrogens (primary N) is 1. The molecule has 2 nitrogen and oxygen atoms in total. The first kappa shape index (κ1) is 10.9. The Labute approximate surface area is 101 Å². The fraction of sp³-hybridized carbons (Fsp3) is 0.154. The van der Waals surface area contributed by atoms with Crippen LogP contribution in [-0.4, -0.2) is 5.11 Å². The van der Waals surface area contributed by atoms with Crippen LogP contribution in [0.3, 0.4) is 0 Å². The predicted molar refractivity (Wildman–Crippen MR) is 70.9 cm³/mol. The summed E-state index contributed by atoms with van der Waals surface area (Å²) in [4.78, 5) is 0. The molecule has 0 saturated heterocycles. The zero-order valence-corrected chi connectivity index (χ0v) is 9.71. The Morgan fingerprint density at radius 1 is 1.25 bits per heavy atom. The van der Waals surface area contributed by atoms with Gasteiger partial charge in [0.2, 0.25) is 0 Å². The summed E-state index contributed by atoms with van der Waals surface area (Å²) in [6.07, 6.45) is 9.11. The Morgan fingerprint density at radius 2 is 2.00 bits per heavy atom. The van der Waals surface area contributed by atoms with Crippen molar-refractivity contribution in [1.29, 1.82) is 0 Å². The Balaban J connectivity index is 2.39. The molecular formula is C13H14N2S. The molecule has 82 valence electrons. The third kappa shape index (κ3) is 2.14. The number of hydrogen-bond acceptors (Lipinski definition) is 1. The van der Waals surface area contributed by atoms with Crippen LogP contribution in [-0.2, 0) is 5.54 Å². The van der Waals surface area contributed by atoms with Gasteiger partial charge in [0.15, 0.2) is 5.11 Å². The lowest BCUT2D eigenvalue weighted by molar-refractivity contribution is 0.500. The molecule has 1 unspecified atom stereocenters. The van der Waals surface area contributed by atoms with Crippen LogP contribution in [0.1, 0.15) is 12.0 Å². The van der Waals surface area contributed by atoms with Gasteiger partial charge in [0.05, 0.1) is 5.54 Å². The van der Waals surface area contributed by atoms with Crippen LogP contribution >= 0.6 is 12.2 Å². The zero-order chi connectivity index (χ0) is 11.4. The first-order chi connectivity index (χ1) is 7.73. The number of allylic oxidation sites excluding steroid dienone is 2. The highest BCUT2D eigenvalue weighted by molar-refractivity contribution is 7.80. The number of benzene rings is 1. The third-order valence-electron chi connectivity index (χ3n) is 2.70. The van der Waals surface area contributed by atoms with E-state index < -0.39 is 0 Å². The monoisotopic (exact) mass is 230 g/mol. The van der Waals surface area contributed by atoms with Gasteiger partial charge < -0.3 is 11.1 Å². The Morgan fingerprint density at radius 3 is 2.56 bits per heavy atom. The van der Waals surface area contributed by atoms with Crippen LogP contribution in [0.4, 0.5) is 0 Å². The van der Waals surface area contributed by atoms with Gasteiger partial charge in [-0.2, -0.15) is 0 Å². The first-order valence-electron chi connectivity index (χ1n) is 5.20. The van der Waals surface area contributed by atoms with Crippen LogP contribution < -0.4 is 11.1 Å². The molecule has 1 aromatic carbocycles. The van der Waals surface area contributed by atoms with Crippen LogP contribution in [0.2, 0.25) is 0 Å². The van der Waals surface area contributed by atoms with Gasteiger partial charge in [0, 0.05) is 0 Å². The van der Waals surface area contributed by atoms with E-state index in [9.17, 15) is 0 Å². The maximum absolute atomic E-state index is 5.61. The topological polar surface area (TPSA) is 38.0 Å². The van der Waals surface area contributed by atoms with Crippen LogP contribution in [0.25, 0.3) is 0 Å². The van der Waals surface area contributed by atoms with E-state index in [0.717, 1.165) is 6.42 Å². The third-order valence-corrected chi connectivity index (χ3v) is 2.80. The van der Waals surface area contributed by atoms with E-state index in [2.05, 4.69) is 29.6 Å². The van der Waals surface area contributed by atoms with Gasteiger partial charge in [0.25, 0.3) is 0 Å². The second kappa shape index (κ2) is 4.49. The van der Waals surface area contributed by atoms with E-state index in [1.54, 1.807) is 0 Å². The van der Waals surface area contributed by atoms with E-state index in [1.807, 2.05) is 30.4 Å². The summed E-state index contributed by atoms with van der Waals surface area (Å²) in [5, 5.41) is 3.51. The van der Waals surface area contributed by atoms with E-state index in [1.165, 1.54) is 5.56 Å². The lowest BCUT2D eigenvalue weighted by atomic mass is 9.84. The molecule has 0 heterocycles. The summed E-state index contributed by atoms with van der Waals surface area (Å²) in [6.45, 7) is 0. The zero-order valence-electron chi connectivity index (χ0n) is 8.89. The normalized spacial score (nSPS) is 23.0. The summed E-state index contributed by atoms with van der Waals surface area (Å²) in [6, 6.07) is 10.2. The van der Waals surface area contributed by atoms with E-state index in [4.69, 9.17) is 18.0 Å². The number of nitrogens with one attached hydrogen (secondary N) is 1. The highest BCUT2D eigenvalue weighted by Gasteiger charge is 2.29. The summed E-state index contributed by atoms with van der Waals surface area (Å²) >= 11 is 4.96. The van der Waals surface area contributed by atoms with E-state index in [0.29, 0.717) is 5.11 Å². The molecule has 1 aliphatic rings. The van der Waals surface area contributed by atoms with Crippen molar-refractivity contribution in [1.82, 2.24) is 5.32 Å². The molecule has 1 aliphatic carbocycles. The number of hydrogen-bond donors (Lipinski definition) is 2. The van der Waals surface area contributed by atoms with Crippen molar-refractivity contribution in [3.05, 3.63) is 60.2 Å². The summed E-state index contributed by atoms with van der Waals surface area (Å²) in [5.74, 6) is 0. The Hall–Kier alpha value is -1.61. The van der Waals surface area contributed by atoms with Crippen molar-refractivity contribution < 1.29 is 0 Å². The van der Waals surface area contributed by atoms with Crippen molar-refractivity contribution in [2.24, 2.45) is 5.73 Å². The largest absolute Gasteiger partial charge is 0.376 e. The minimum absolute atomic E-state index is 0.290. The second-order valence-electron chi connectivity index (χ2n) is 3.82. The van der Waals surface area contributed by atoms with Gasteiger partial charge >= 0.3 is 0 Å². The smallest absolute Gasteiger partial charge is 0.164 e. The molecule has 0 saturated carbocycles. The minimum atomic E-state index is -0.290. The lowest BCUT2D eigenvalue weighted by Gasteiger charge is -2.33. The summed E-state index contributed by atoms with van der Waals surface area (Å²) in [7, 11) is 0. The molecule has 3 heteroatoms. The maximum Gasteiger partial charge on any atom is 0.164 e.